The van der Waals surface area contributed by atoms with E-state index in [1.807, 2.05) is 30.5 Å². The topological polar surface area (TPSA) is 81.9 Å². The second-order valence-electron chi connectivity index (χ2n) is 5.88. The van der Waals surface area contributed by atoms with Crippen LogP contribution < -0.4 is 10.1 Å². The van der Waals surface area contributed by atoms with Gasteiger partial charge in [0.15, 0.2) is 11.0 Å². The fourth-order valence-corrected chi connectivity index (χ4v) is 3.75. The number of hydrogen-bond donors (Lipinski definition) is 1. The molecule has 0 unspecified atom stereocenters. The first kappa shape index (κ1) is 20.2. The number of thioether (sulfide) groups is 1. The molecule has 1 aromatic carbocycles. The van der Waals surface area contributed by atoms with E-state index in [0.29, 0.717) is 28.2 Å². The summed E-state index contributed by atoms with van der Waals surface area (Å²) in [4.78, 5) is 16.6. The van der Waals surface area contributed by atoms with Crippen LogP contribution in [0.1, 0.15) is 13.8 Å². The minimum atomic E-state index is -0.374. The molecule has 0 bridgehead atoms. The van der Waals surface area contributed by atoms with Crippen LogP contribution in [0.2, 0.25) is 5.02 Å². The van der Waals surface area contributed by atoms with Crippen LogP contribution in [0.25, 0.3) is 11.4 Å². The van der Waals surface area contributed by atoms with Crippen LogP contribution in [-0.2, 0) is 11.3 Å². The van der Waals surface area contributed by atoms with E-state index in [0.717, 1.165) is 11.4 Å². The number of nitrogens with zero attached hydrogens (tertiary/aromatic N) is 4. The number of nitrogens with one attached hydrogen (secondary N) is 1. The van der Waals surface area contributed by atoms with Crippen molar-refractivity contribution in [2.45, 2.75) is 30.8 Å². The predicted octanol–water partition coefficient (Wildman–Crippen LogP) is 4.14. The quantitative estimate of drug-likeness (QED) is 0.582. The molecule has 3 aromatic rings. The average Bonchev–Trinajstić information content (AvgIpc) is 3.11. The molecular weight excluding hydrogens is 398 g/mol. The summed E-state index contributed by atoms with van der Waals surface area (Å²) < 4.78 is 7.11. The number of anilines is 1. The maximum atomic E-state index is 12.6. The summed E-state index contributed by atoms with van der Waals surface area (Å²) in [6.07, 6.45) is 3.43. The lowest BCUT2D eigenvalue weighted by molar-refractivity contribution is -0.115. The van der Waals surface area contributed by atoms with Crippen molar-refractivity contribution >= 4 is 35.0 Å². The highest BCUT2D eigenvalue weighted by Gasteiger charge is 2.20. The van der Waals surface area contributed by atoms with Crippen molar-refractivity contribution in [2.75, 3.05) is 12.4 Å². The van der Waals surface area contributed by atoms with Crippen molar-refractivity contribution in [3.05, 3.63) is 47.7 Å². The lowest BCUT2D eigenvalue weighted by Gasteiger charge is -2.13. The van der Waals surface area contributed by atoms with E-state index < -0.39 is 0 Å². The van der Waals surface area contributed by atoms with Crippen LogP contribution in [0, 0.1) is 0 Å². The Morgan fingerprint density at radius 2 is 2.04 bits per heavy atom. The first-order valence-corrected chi connectivity index (χ1v) is 9.94. The molecule has 0 aliphatic heterocycles. The summed E-state index contributed by atoms with van der Waals surface area (Å²) in [5.41, 5.74) is 1.54. The maximum Gasteiger partial charge on any atom is 0.237 e. The summed E-state index contributed by atoms with van der Waals surface area (Å²) in [6.45, 7) is 4.53. The number of rotatable bonds is 7. The van der Waals surface area contributed by atoms with Crippen LogP contribution in [0.4, 0.5) is 5.69 Å². The highest BCUT2D eigenvalue weighted by molar-refractivity contribution is 8.00. The minimum Gasteiger partial charge on any atom is -0.495 e. The second-order valence-corrected chi connectivity index (χ2v) is 7.60. The molecule has 0 saturated heterocycles. The molecule has 0 aliphatic carbocycles. The Balaban J connectivity index is 1.72. The molecule has 0 radical (unpaired) electrons. The Hall–Kier alpha value is -2.58. The van der Waals surface area contributed by atoms with Crippen molar-refractivity contribution in [2.24, 2.45) is 0 Å². The van der Waals surface area contributed by atoms with Crippen molar-refractivity contribution in [3.8, 4) is 17.1 Å². The molecule has 7 nitrogen and oxygen atoms in total. The monoisotopic (exact) mass is 417 g/mol. The van der Waals surface area contributed by atoms with Gasteiger partial charge in [-0.25, -0.2) is 0 Å². The zero-order chi connectivity index (χ0) is 20.1. The molecule has 146 valence electrons. The molecule has 1 atom stereocenters. The highest BCUT2D eigenvalue weighted by atomic mass is 35.5. The lowest BCUT2D eigenvalue weighted by atomic mass is 10.2. The Kier molecular flexibility index (Phi) is 6.53. The molecule has 2 aromatic heterocycles. The van der Waals surface area contributed by atoms with E-state index in [2.05, 4.69) is 20.5 Å². The number of aromatic nitrogens is 4. The summed E-state index contributed by atoms with van der Waals surface area (Å²) in [5, 5.41) is 12.2. The van der Waals surface area contributed by atoms with Gasteiger partial charge in [-0.3, -0.25) is 9.78 Å². The molecular formula is C19H20ClN5O2S. The number of pyridine rings is 1. The van der Waals surface area contributed by atoms with Gasteiger partial charge in [-0.15, -0.1) is 10.2 Å². The molecule has 0 aliphatic rings. The summed E-state index contributed by atoms with van der Waals surface area (Å²) in [5.74, 6) is 1.16. The van der Waals surface area contributed by atoms with E-state index in [1.165, 1.54) is 11.8 Å². The number of carbonyl (C=O) groups is 1. The van der Waals surface area contributed by atoms with E-state index in [-0.39, 0.29) is 11.2 Å². The first-order chi connectivity index (χ1) is 13.5. The SMILES string of the molecule is CCn1c(S[C@H](C)C(=O)Nc2ccc(OC)c(Cl)c2)nnc1-c1ccncc1. The molecule has 0 spiro atoms. The van der Waals surface area contributed by atoms with Crippen LogP contribution in [0.15, 0.2) is 47.9 Å². The van der Waals surface area contributed by atoms with Gasteiger partial charge in [0.25, 0.3) is 0 Å². The van der Waals surface area contributed by atoms with Crippen molar-refractivity contribution in [1.29, 1.82) is 0 Å². The normalized spacial score (nSPS) is 11.9. The average molecular weight is 418 g/mol. The van der Waals surface area contributed by atoms with Gasteiger partial charge in [-0.1, -0.05) is 23.4 Å². The third kappa shape index (κ3) is 4.45. The largest absolute Gasteiger partial charge is 0.495 e. The van der Waals surface area contributed by atoms with Crippen LogP contribution in [0.5, 0.6) is 5.75 Å². The lowest BCUT2D eigenvalue weighted by Crippen LogP contribution is -2.23. The molecule has 1 amide bonds. The number of ether oxygens (including phenoxy) is 1. The first-order valence-electron chi connectivity index (χ1n) is 8.68. The van der Waals surface area contributed by atoms with Crippen LogP contribution in [0.3, 0.4) is 0 Å². The van der Waals surface area contributed by atoms with Crippen molar-refractivity contribution < 1.29 is 9.53 Å². The third-order valence-electron chi connectivity index (χ3n) is 4.04. The second kappa shape index (κ2) is 9.07. The van der Waals surface area contributed by atoms with Crippen LogP contribution in [-0.4, -0.2) is 38.0 Å². The molecule has 0 fully saturated rings. The molecule has 1 N–H and O–H groups in total. The van der Waals surface area contributed by atoms with Gasteiger partial charge in [0.05, 0.1) is 17.4 Å². The highest BCUT2D eigenvalue weighted by Crippen LogP contribution is 2.29. The maximum absolute atomic E-state index is 12.6. The van der Waals surface area contributed by atoms with E-state index in [9.17, 15) is 4.79 Å². The van der Waals surface area contributed by atoms with Gasteiger partial charge in [-0.2, -0.15) is 0 Å². The minimum absolute atomic E-state index is 0.151. The zero-order valence-corrected chi connectivity index (χ0v) is 17.3. The van der Waals surface area contributed by atoms with Gasteiger partial charge in [0, 0.05) is 30.2 Å². The van der Waals surface area contributed by atoms with E-state index >= 15 is 0 Å². The molecule has 9 heteroatoms. The Morgan fingerprint density at radius 3 is 2.68 bits per heavy atom. The van der Waals surface area contributed by atoms with E-state index in [1.54, 1.807) is 37.7 Å². The number of methoxy groups -OCH3 is 1. The molecule has 3 rings (SSSR count). The third-order valence-corrected chi connectivity index (χ3v) is 5.42. The summed E-state index contributed by atoms with van der Waals surface area (Å²) >= 11 is 7.47. The van der Waals surface area contributed by atoms with Gasteiger partial charge < -0.3 is 14.6 Å². The predicted molar refractivity (Wildman–Crippen MR) is 111 cm³/mol. The molecule has 28 heavy (non-hydrogen) atoms. The summed E-state index contributed by atoms with van der Waals surface area (Å²) in [7, 11) is 1.54. The van der Waals surface area contributed by atoms with Gasteiger partial charge >= 0.3 is 0 Å². The molecule has 0 saturated carbocycles. The number of carbonyl (C=O) groups excluding carboxylic acids is 1. The fourth-order valence-electron chi connectivity index (χ4n) is 2.58. The van der Waals surface area contributed by atoms with Gasteiger partial charge in [-0.05, 0) is 44.2 Å². The Bertz CT molecular complexity index is 964. The van der Waals surface area contributed by atoms with Crippen molar-refractivity contribution in [1.82, 2.24) is 19.7 Å². The van der Waals surface area contributed by atoms with Gasteiger partial charge in [0.2, 0.25) is 5.91 Å². The Morgan fingerprint density at radius 1 is 1.29 bits per heavy atom. The fraction of sp³-hybridized carbons (Fsp3) is 0.263. The zero-order valence-electron chi connectivity index (χ0n) is 15.7. The van der Waals surface area contributed by atoms with Crippen molar-refractivity contribution in [3.63, 3.8) is 0 Å². The smallest absolute Gasteiger partial charge is 0.237 e. The number of amides is 1. The van der Waals surface area contributed by atoms with Gasteiger partial charge in [0.1, 0.15) is 5.75 Å². The van der Waals surface area contributed by atoms with E-state index in [4.69, 9.17) is 16.3 Å². The number of hydrogen-bond acceptors (Lipinski definition) is 6. The summed E-state index contributed by atoms with van der Waals surface area (Å²) in [6, 6.07) is 8.88. The number of benzene rings is 1. The van der Waals surface area contributed by atoms with Crippen LogP contribution >= 0.6 is 23.4 Å². The molecule has 2 heterocycles. The standard InChI is InChI=1S/C19H20ClN5O2S/c1-4-25-17(13-7-9-21-10-8-13)23-24-19(25)28-12(2)18(26)22-14-5-6-16(27-3)15(20)11-14/h5-12H,4H2,1-3H3,(H,22,26)/t12-/m1/s1. The number of halogens is 1. The Labute approximate surface area is 172 Å².